The van der Waals surface area contributed by atoms with Crippen molar-refractivity contribution in [1.29, 1.82) is 5.41 Å². The van der Waals surface area contributed by atoms with Gasteiger partial charge < -0.3 is 5.32 Å². The van der Waals surface area contributed by atoms with Crippen LogP contribution in [0.1, 0.15) is 47.5 Å². The third-order valence-electron chi connectivity index (χ3n) is 6.25. The molecule has 2 heterocycles. The van der Waals surface area contributed by atoms with E-state index in [1.165, 1.54) is 0 Å². The molecule has 198 valence electrons. The van der Waals surface area contributed by atoms with E-state index in [2.05, 4.69) is 18.3 Å². The van der Waals surface area contributed by atoms with Gasteiger partial charge in [-0.05, 0) is 63.6 Å². The number of nitrogens with zero attached hydrogens (tertiary/aromatic N) is 5. The zero-order valence-corrected chi connectivity index (χ0v) is 23.1. The Balaban J connectivity index is 1.70. The van der Waals surface area contributed by atoms with Gasteiger partial charge in [-0.3, -0.25) is 5.41 Å². The molecule has 40 heavy (non-hydrogen) atoms. The lowest BCUT2D eigenvalue weighted by Gasteiger charge is -2.20. The predicted octanol–water partition coefficient (Wildman–Crippen LogP) is 6.29. The van der Waals surface area contributed by atoms with Crippen LogP contribution in [0.4, 0.5) is 0 Å². The van der Waals surface area contributed by atoms with Crippen molar-refractivity contribution >= 4 is 23.7 Å². The number of aliphatic imine (C=N–C) groups is 3. The Labute approximate surface area is 234 Å². The molecule has 1 aliphatic rings. The normalized spacial score (nSPS) is 15.4. The Bertz CT molecular complexity index is 1650. The molecule has 1 aromatic heterocycles. The van der Waals surface area contributed by atoms with Crippen LogP contribution < -0.4 is 5.32 Å². The number of amidine groups is 3. The molecule has 0 amide bonds. The monoisotopic (exact) mass is 525 g/mol. The van der Waals surface area contributed by atoms with E-state index in [1.54, 1.807) is 6.21 Å². The van der Waals surface area contributed by atoms with Gasteiger partial charge in [0, 0.05) is 51.6 Å². The van der Waals surface area contributed by atoms with Crippen LogP contribution in [0.5, 0.6) is 0 Å². The van der Waals surface area contributed by atoms with E-state index in [4.69, 9.17) is 30.4 Å². The molecule has 7 heteroatoms. The van der Waals surface area contributed by atoms with Gasteiger partial charge in [-0.15, -0.1) is 0 Å². The van der Waals surface area contributed by atoms with Gasteiger partial charge >= 0.3 is 0 Å². The standard InChI is InChI=1S/C33H31N7/c1-21-15-22(2)37-32(36-21)28-17-27(18-29(19-28)33-38-23(3)16-24(4)39-33)31(35-20-25-11-7-5-8-12-25)40-30(34)26-13-9-6-10-14-26/h5-21,34H,1-4H3,(H,36,37)/b34-30?,35-20+,40-31-. The third-order valence-corrected chi connectivity index (χ3v) is 6.25. The maximum atomic E-state index is 8.74. The first kappa shape index (κ1) is 26.6. The van der Waals surface area contributed by atoms with Crippen LogP contribution >= 0.6 is 0 Å². The summed E-state index contributed by atoms with van der Waals surface area (Å²) in [5.74, 6) is 1.89. The SMILES string of the molecule is CC1=CC(C)NC(c2cc(C(=N/C(=N)c3ccccc3)/N=C/c3ccccc3)cc(-c3nc(C)cc(C)n3)c2)=N1. The molecule has 1 unspecified atom stereocenters. The molecule has 0 spiro atoms. The average molecular weight is 526 g/mol. The molecule has 0 fully saturated rings. The fourth-order valence-electron chi connectivity index (χ4n) is 4.50. The minimum absolute atomic E-state index is 0.121. The number of hydrogen-bond donors (Lipinski definition) is 2. The maximum absolute atomic E-state index is 8.74. The summed E-state index contributed by atoms with van der Waals surface area (Å²) >= 11 is 0. The number of benzene rings is 3. The van der Waals surface area contributed by atoms with Crippen molar-refractivity contribution in [2.45, 2.75) is 33.7 Å². The topological polar surface area (TPSA) is 98.7 Å². The lowest BCUT2D eigenvalue weighted by atomic mass is 10.0. The van der Waals surface area contributed by atoms with Crippen molar-refractivity contribution in [1.82, 2.24) is 15.3 Å². The van der Waals surface area contributed by atoms with E-state index < -0.39 is 0 Å². The van der Waals surface area contributed by atoms with Crippen molar-refractivity contribution in [3.63, 3.8) is 0 Å². The fraction of sp³-hybridized carbons (Fsp3) is 0.152. The van der Waals surface area contributed by atoms with Gasteiger partial charge in [0.1, 0.15) is 5.84 Å². The number of rotatable bonds is 5. The number of aryl methyl sites for hydroxylation is 2. The largest absolute Gasteiger partial charge is 0.364 e. The second-order valence-corrected chi connectivity index (χ2v) is 9.79. The molecule has 0 saturated carbocycles. The highest BCUT2D eigenvalue weighted by atomic mass is 15.0. The van der Waals surface area contributed by atoms with Gasteiger partial charge in [0.25, 0.3) is 0 Å². The molecule has 3 aromatic carbocycles. The first-order valence-electron chi connectivity index (χ1n) is 13.2. The molecule has 1 aliphatic heterocycles. The third kappa shape index (κ3) is 6.50. The molecule has 0 radical (unpaired) electrons. The van der Waals surface area contributed by atoms with Crippen molar-refractivity contribution in [2.75, 3.05) is 0 Å². The first-order chi connectivity index (χ1) is 19.3. The van der Waals surface area contributed by atoms with Gasteiger partial charge in [-0.2, -0.15) is 0 Å². The van der Waals surface area contributed by atoms with Gasteiger partial charge in [0.05, 0.1) is 0 Å². The average Bonchev–Trinajstić information content (AvgIpc) is 2.95. The van der Waals surface area contributed by atoms with Crippen molar-refractivity contribution in [3.8, 4) is 11.4 Å². The van der Waals surface area contributed by atoms with Crippen molar-refractivity contribution in [2.24, 2.45) is 15.0 Å². The zero-order valence-electron chi connectivity index (χ0n) is 23.1. The van der Waals surface area contributed by atoms with Gasteiger partial charge in [0.15, 0.2) is 17.5 Å². The van der Waals surface area contributed by atoms with Crippen LogP contribution in [0.25, 0.3) is 11.4 Å². The molecule has 7 nitrogen and oxygen atoms in total. The first-order valence-corrected chi connectivity index (χ1v) is 13.2. The number of hydrogen-bond acceptors (Lipinski definition) is 5. The van der Waals surface area contributed by atoms with E-state index in [1.807, 2.05) is 106 Å². The van der Waals surface area contributed by atoms with Crippen LogP contribution in [0.2, 0.25) is 0 Å². The van der Waals surface area contributed by atoms with E-state index in [9.17, 15) is 0 Å². The second kappa shape index (κ2) is 11.8. The van der Waals surface area contributed by atoms with Crippen LogP contribution in [-0.4, -0.2) is 39.7 Å². The fourth-order valence-corrected chi connectivity index (χ4v) is 4.50. The number of aromatic nitrogens is 2. The highest BCUT2D eigenvalue weighted by Gasteiger charge is 2.17. The van der Waals surface area contributed by atoms with Crippen LogP contribution in [0.15, 0.2) is 112 Å². The van der Waals surface area contributed by atoms with Gasteiger partial charge in [0.2, 0.25) is 0 Å². The Morgan fingerprint density at radius 2 is 1.48 bits per heavy atom. The van der Waals surface area contributed by atoms with Gasteiger partial charge in [-0.25, -0.2) is 24.9 Å². The minimum atomic E-state index is 0.121. The summed E-state index contributed by atoms with van der Waals surface area (Å²) in [7, 11) is 0. The summed E-state index contributed by atoms with van der Waals surface area (Å²) in [6, 6.07) is 27.4. The lowest BCUT2D eigenvalue weighted by molar-refractivity contribution is 0.778. The highest BCUT2D eigenvalue weighted by molar-refractivity contribution is 6.14. The molecule has 1 atom stereocenters. The van der Waals surface area contributed by atoms with Crippen molar-refractivity contribution in [3.05, 3.63) is 130 Å². The molecule has 5 rings (SSSR count). The molecular weight excluding hydrogens is 494 g/mol. The Morgan fingerprint density at radius 1 is 0.825 bits per heavy atom. The van der Waals surface area contributed by atoms with E-state index >= 15 is 0 Å². The Kier molecular flexibility index (Phi) is 7.82. The van der Waals surface area contributed by atoms with Gasteiger partial charge in [-0.1, -0.05) is 60.7 Å². The number of allylic oxidation sites excluding steroid dienone is 1. The Morgan fingerprint density at radius 3 is 2.15 bits per heavy atom. The molecule has 0 saturated heterocycles. The minimum Gasteiger partial charge on any atom is -0.364 e. The molecule has 2 N–H and O–H groups in total. The van der Waals surface area contributed by atoms with E-state index in [-0.39, 0.29) is 11.9 Å². The second-order valence-electron chi connectivity index (χ2n) is 9.79. The summed E-state index contributed by atoms with van der Waals surface area (Å²) in [5, 5.41) is 12.2. The lowest BCUT2D eigenvalue weighted by Crippen LogP contribution is -2.34. The number of nitrogens with one attached hydrogen (secondary N) is 2. The molecular formula is C33H31N7. The quantitative estimate of drug-likeness (QED) is 0.236. The van der Waals surface area contributed by atoms with Crippen LogP contribution in [0.3, 0.4) is 0 Å². The van der Waals surface area contributed by atoms with Crippen molar-refractivity contribution < 1.29 is 0 Å². The zero-order chi connectivity index (χ0) is 28.1. The van der Waals surface area contributed by atoms with E-state index in [0.717, 1.165) is 45.2 Å². The highest BCUT2D eigenvalue weighted by Crippen LogP contribution is 2.23. The summed E-state index contributed by atoms with van der Waals surface area (Å²) in [6.45, 7) is 8.01. The van der Waals surface area contributed by atoms with E-state index in [0.29, 0.717) is 17.2 Å². The molecule has 0 bridgehead atoms. The Hall–Kier alpha value is -5.04. The van der Waals surface area contributed by atoms with Crippen LogP contribution in [-0.2, 0) is 0 Å². The predicted molar refractivity (Wildman–Crippen MR) is 164 cm³/mol. The molecule has 0 aliphatic carbocycles. The summed E-state index contributed by atoms with van der Waals surface area (Å²) < 4.78 is 0. The summed E-state index contributed by atoms with van der Waals surface area (Å²) in [5.41, 5.74) is 6.76. The smallest absolute Gasteiger partial charge is 0.161 e. The maximum Gasteiger partial charge on any atom is 0.161 e. The summed E-state index contributed by atoms with van der Waals surface area (Å²) in [4.78, 5) is 23.7. The van der Waals surface area contributed by atoms with Crippen LogP contribution in [0, 0.1) is 19.3 Å². The summed E-state index contributed by atoms with van der Waals surface area (Å²) in [6.07, 6.45) is 3.85. The molecule has 4 aromatic rings.